The summed E-state index contributed by atoms with van der Waals surface area (Å²) in [5.74, 6) is 2.03. The van der Waals surface area contributed by atoms with Crippen molar-refractivity contribution in [2.24, 2.45) is 0 Å². The molecule has 0 spiro atoms. The van der Waals surface area contributed by atoms with Crippen molar-refractivity contribution in [3.63, 3.8) is 0 Å². The second-order valence-electron chi connectivity index (χ2n) is 7.27. The summed E-state index contributed by atoms with van der Waals surface area (Å²) in [6, 6.07) is 15.8. The Morgan fingerprint density at radius 1 is 0.923 bits per heavy atom. The fourth-order valence-corrected chi connectivity index (χ4v) is 3.89. The molecular formula is C25H26O. The molecule has 0 atom stereocenters. The second-order valence-corrected chi connectivity index (χ2v) is 7.27. The molecule has 4 rings (SSSR count). The zero-order valence-corrected chi connectivity index (χ0v) is 16.1. The molecule has 0 aliphatic heterocycles. The van der Waals surface area contributed by atoms with E-state index in [4.69, 9.17) is 4.42 Å². The molecule has 1 aromatic heterocycles. The van der Waals surface area contributed by atoms with Crippen LogP contribution < -0.4 is 0 Å². The molecule has 1 heterocycles. The lowest BCUT2D eigenvalue weighted by Crippen LogP contribution is -1.94. The standard InChI is InChI=1S/C25H26O/c1-5-18-7-9-20(10-8-18)25-19(6-2)11-12-21-14-22(15-23(21)25)24-13-16(3)17(4)26-24/h7-13,15H,5-6,14H2,1-4H3. The number of rotatable bonds is 4. The lowest BCUT2D eigenvalue weighted by atomic mass is 9.90. The van der Waals surface area contributed by atoms with E-state index in [1.165, 1.54) is 44.5 Å². The Labute approximate surface area is 156 Å². The van der Waals surface area contributed by atoms with Gasteiger partial charge in [0, 0.05) is 6.42 Å². The smallest absolute Gasteiger partial charge is 0.130 e. The van der Waals surface area contributed by atoms with Gasteiger partial charge < -0.3 is 4.42 Å². The zero-order valence-electron chi connectivity index (χ0n) is 16.1. The molecule has 1 heteroatoms. The maximum absolute atomic E-state index is 5.99. The van der Waals surface area contributed by atoms with Gasteiger partial charge in [0.05, 0.1) is 0 Å². The summed E-state index contributed by atoms with van der Waals surface area (Å²) in [7, 11) is 0. The van der Waals surface area contributed by atoms with Crippen molar-refractivity contribution >= 4 is 11.6 Å². The lowest BCUT2D eigenvalue weighted by molar-refractivity contribution is 0.518. The van der Waals surface area contributed by atoms with Crippen LogP contribution in [0.3, 0.4) is 0 Å². The number of hydrogen-bond donors (Lipinski definition) is 0. The average molecular weight is 342 g/mol. The number of fused-ring (bicyclic) bond motifs is 1. The van der Waals surface area contributed by atoms with Crippen LogP contribution >= 0.6 is 0 Å². The maximum Gasteiger partial charge on any atom is 0.130 e. The number of hydrogen-bond acceptors (Lipinski definition) is 1. The van der Waals surface area contributed by atoms with Crippen molar-refractivity contribution < 1.29 is 4.42 Å². The molecule has 0 N–H and O–H groups in total. The van der Waals surface area contributed by atoms with Crippen LogP contribution in [0.1, 0.15) is 53.2 Å². The number of furan rings is 1. The van der Waals surface area contributed by atoms with Crippen molar-refractivity contribution in [3.05, 3.63) is 81.8 Å². The highest BCUT2D eigenvalue weighted by molar-refractivity contribution is 5.94. The summed E-state index contributed by atoms with van der Waals surface area (Å²) in [5.41, 5.74) is 10.8. The number of aryl methyl sites for hydroxylation is 4. The highest BCUT2D eigenvalue weighted by Gasteiger charge is 2.22. The van der Waals surface area contributed by atoms with Gasteiger partial charge in [-0.3, -0.25) is 0 Å². The van der Waals surface area contributed by atoms with E-state index in [2.05, 4.69) is 69.3 Å². The van der Waals surface area contributed by atoms with Crippen LogP contribution in [0.15, 0.2) is 46.9 Å². The van der Waals surface area contributed by atoms with Gasteiger partial charge >= 0.3 is 0 Å². The first-order valence-corrected chi connectivity index (χ1v) is 9.62. The third-order valence-electron chi connectivity index (χ3n) is 5.64. The highest BCUT2D eigenvalue weighted by atomic mass is 16.3. The van der Waals surface area contributed by atoms with Gasteiger partial charge in [-0.2, -0.15) is 0 Å². The molecular weight excluding hydrogens is 316 g/mol. The lowest BCUT2D eigenvalue weighted by Gasteiger charge is -2.14. The van der Waals surface area contributed by atoms with Crippen molar-refractivity contribution in [3.8, 4) is 11.1 Å². The summed E-state index contributed by atoms with van der Waals surface area (Å²) in [5, 5.41) is 0. The first kappa shape index (κ1) is 16.9. The average Bonchev–Trinajstić information content (AvgIpc) is 3.24. The monoisotopic (exact) mass is 342 g/mol. The normalized spacial score (nSPS) is 13.0. The largest absolute Gasteiger partial charge is 0.461 e. The molecule has 2 aromatic carbocycles. The van der Waals surface area contributed by atoms with Crippen molar-refractivity contribution in [2.75, 3.05) is 0 Å². The van der Waals surface area contributed by atoms with E-state index in [1.54, 1.807) is 0 Å². The van der Waals surface area contributed by atoms with Gasteiger partial charge in [-0.1, -0.05) is 50.2 Å². The Bertz CT molecular complexity index is 964. The zero-order chi connectivity index (χ0) is 18.3. The van der Waals surface area contributed by atoms with E-state index in [9.17, 15) is 0 Å². The molecule has 1 aliphatic carbocycles. The van der Waals surface area contributed by atoms with Gasteiger partial charge in [-0.05, 0) is 83.3 Å². The van der Waals surface area contributed by atoms with Gasteiger partial charge in [-0.15, -0.1) is 0 Å². The van der Waals surface area contributed by atoms with Gasteiger partial charge in [0.25, 0.3) is 0 Å². The van der Waals surface area contributed by atoms with Crippen LogP contribution in [0.25, 0.3) is 22.8 Å². The quantitative estimate of drug-likeness (QED) is 0.509. The molecule has 0 unspecified atom stereocenters. The summed E-state index contributed by atoms with van der Waals surface area (Å²) in [6.07, 6.45) is 5.41. The Hall–Kier alpha value is -2.54. The third kappa shape index (κ3) is 2.82. The summed E-state index contributed by atoms with van der Waals surface area (Å²) >= 11 is 0. The molecule has 0 amide bonds. The molecule has 1 aliphatic rings. The summed E-state index contributed by atoms with van der Waals surface area (Å²) < 4.78 is 5.99. The number of allylic oxidation sites excluding steroid dienone is 1. The van der Waals surface area contributed by atoms with Gasteiger partial charge in [0.15, 0.2) is 0 Å². The molecule has 0 radical (unpaired) electrons. The molecule has 0 fully saturated rings. The molecule has 132 valence electrons. The van der Waals surface area contributed by atoms with Crippen molar-refractivity contribution in [1.82, 2.24) is 0 Å². The van der Waals surface area contributed by atoms with Gasteiger partial charge in [0.2, 0.25) is 0 Å². The topological polar surface area (TPSA) is 13.1 Å². The van der Waals surface area contributed by atoms with Crippen LogP contribution in [-0.4, -0.2) is 0 Å². The minimum atomic E-state index is 0.950. The minimum absolute atomic E-state index is 0.950. The number of benzene rings is 2. The van der Waals surface area contributed by atoms with Gasteiger partial charge in [0.1, 0.15) is 11.5 Å². The van der Waals surface area contributed by atoms with E-state index < -0.39 is 0 Å². The Balaban J connectivity index is 1.84. The predicted molar refractivity (Wildman–Crippen MR) is 110 cm³/mol. The SMILES string of the molecule is CCc1ccc(-c2c(CC)ccc3c2C=C(c2cc(C)c(C)o2)C3)cc1. The Morgan fingerprint density at radius 3 is 2.31 bits per heavy atom. The van der Waals surface area contributed by atoms with Crippen LogP contribution in [0.5, 0.6) is 0 Å². The van der Waals surface area contributed by atoms with E-state index in [0.717, 1.165) is 30.8 Å². The Kier molecular flexibility index (Phi) is 4.32. The van der Waals surface area contributed by atoms with Crippen LogP contribution in [0.2, 0.25) is 0 Å². The van der Waals surface area contributed by atoms with Crippen LogP contribution in [-0.2, 0) is 19.3 Å². The van der Waals surface area contributed by atoms with E-state index in [-0.39, 0.29) is 0 Å². The third-order valence-corrected chi connectivity index (χ3v) is 5.64. The molecule has 0 saturated heterocycles. The molecule has 0 bridgehead atoms. The van der Waals surface area contributed by atoms with Crippen molar-refractivity contribution in [2.45, 2.75) is 47.0 Å². The van der Waals surface area contributed by atoms with E-state index >= 15 is 0 Å². The first-order valence-electron chi connectivity index (χ1n) is 9.62. The van der Waals surface area contributed by atoms with E-state index in [1.807, 2.05) is 6.92 Å². The highest BCUT2D eigenvalue weighted by Crippen LogP contribution is 2.40. The van der Waals surface area contributed by atoms with Crippen LogP contribution in [0, 0.1) is 13.8 Å². The van der Waals surface area contributed by atoms with Crippen molar-refractivity contribution in [1.29, 1.82) is 0 Å². The van der Waals surface area contributed by atoms with E-state index in [0.29, 0.717) is 0 Å². The maximum atomic E-state index is 5.99. The van der Waals surface area contributed by atoms with Gasteiger partial charge in [-0.25, -0.2) is 0 Å². The minimum Gasteiger partial charge on any atom is -0.461 e. The first-order chi connectivity index (χ1) is 12.6. The molecule has 26 heavy (non-hydrogen) atoms. The summed E-state index contributed by atoms with van der Waals surface area (Å²) in [4.78, 5) is 0. The molecule has 1 nitrogen and oxygen atoms in total. The second kappa shape index (κ2) is 6.64. The van der Waals surface area contributed by atoms with Crippen LogP contribution in [0.4, 0.5) is 0 Å². The predicted octanol–water partition coefficient (Wildman–Crippen LogP) is 6.78. The molecule has 3 aromatic rings. The fourth-order valence-electron chi connectivity index (χ4n) is 3.89. The fraction of sp³-hybridized carbons (Fsp3) is 0.280. The Morgan fingerprint density at radius 2 is 1.69 bits per heavy atom. The molecule has 0 saturated carbocycles. The summed E-state index contributed by atoms with van der Waals surface area (Å²) in [6.45, 7) is 8.60.